The molecule has 2 bridgehead atoms. The summed E-state index contributed by atoms with van der Waals surface area (Å²) in [4.78, 5) is 26.1. The van der Waals surface area contributed by atoms with Crippen molar-refractivity contribution >= 4 is 11.8 Å². The minimum Gasteiger partial charge on any atom is -0.274 e. The van der Waals surface area contributed by atoms with Crippen molar-refractivity contribution in [2.24, 2.45) is 11.8 Å². The van der Waals surface area contributed by atoms with Gasteiger partial charge in [-0.1, -0.05) is 60.2 Å². The van der Waals surface area contributed by atoms with Crippen molar-refractivity contribution in [1.29, 1.82) is 0 Å². The Balaban J connectivity index is 1.33. The van der Waals surface area contributed by atoms with Gasteiger partial charge in [-0.2, -0.15) is 0 Å². The van der Waals surface area contributed by atoms with Crippen molar-refractivity contribution in [2.75, 3.05) is 6.54 Å². The Labute approximate surface area is 148 Å². The molecule has 3 nitrogen and oxygen atoms in total. The molecule has 3 heteroatoms. The van der Waals surface area contributed by atoms with Crippen LogP contribution in [-0.2, 0) is 0 Å². The van der Waals surface area contributed by atoms with Gasteiger partial charge in [0.05, 0.1) is 11.1 Å². The van der Waals surface area contributed by atoms with Gasteiger partial charge in [0.15, 0.2) is 0 Å². The predicted octanol–water partition coefficient (Wildman–Crippen LogP) is 4.31. The van der Waals surface area contributed by atoms with Crippen molar-refractivity contribution in [3.8, 4) is 0 Å². The fourth-order valence-electron chi connectivity index (χ4n) is 3.76. The lowest BCUT2D eigenvalue weighted by atomic mass is 9.84. The third-order valence-electron chi connectivity index (χ3n) is 5.11. The molecule has 0 unspecified atom stereocenters. The fourth-order valence-corrected chi connectivity index (χ4v) is 3.76. The number of hydrogen-bond acceptors (Lipinski definition) is 2. The second kappa shape index (κ2) is 6.67. The first-order valence-electron chi connectivity index (χ1n) is 8.93. The molecule has 0 saturated carbocycles. The Morgan fingerprint density at radius 1 is 0.840 bits per heavy atom. The molecular weight excluding hydrogens is 310 g/mol. The van der Waals surface area contributed by atoms with E-state index in [1.807, 2.05) is 0 Å². The molecule has 1 aromatic rings. The van der Waals surface area contributed by atoms with Gasteiger partial charge in [-0.3, -0.25) is 14.5 Å². The molecule has 3 aliphatic carbocycles. The van der Waals surface area contributed by atoms with Gasteiger partial charge in [0.2, 0.25) is 0 Å². The van der Waals surface area contributed by atoms with E-state index in [2.05, 4.69) is 42.5 Å². The molecule has 126 valence electrons. The zero-order valence-corrected chi connectivity index (χ0v) is 14.1. The highest BCUT2D eigenvalue weighted by Crippen LogP contribution is 2.30. The van der Waals surface area contributed by atoms with E-state index in [0.29, 0.717) is 29.5 Å². The van der Waals surface area contributed by atoms with Crippen molar-refractivity contribution < 1.29 is 9.59 Å². The van der Waals surface area contributed by atoms with E-state index in [1.54, 1.807) is 24.3 Å². The molecule has 25 heavy (non-hydrogen) atoms. The summed E-state index contributed by atoms with van der Waals surface area (Å²) in [6.07, 6.45) is 18.3. The highest BCUT2D eigenvalue weighted by molar-refractivity contribution is 6.21. The molecule has 0 aromatic heterocycles. The third-order valence-corrected chi connectivity index (χ3v) is 5.11. The standard InChI is InChI=1S/C22H21NO2/c24-21-19-10-3-4-11-20(19)22(25)23(21)14-6-5-9-18-15-16-7-1-2-8-17(18)13-12-16/h1-4,7-8,10-13,15-17H,5-6,9,14H2/b7-1?,8-2-/t16-,17+/m0/s1. The summed E-state index contributed by atoms with van der Waals surface area (Å²) in [5.74, 6) is 0.481. The molecule has 1 aliphatic heterocycles. The minimum absolute atomic E-state index is 0.152. The molecule has 2 atom stereocenters. The molecular formula is C22H21NO2. The Morgan fingerprint density at radius 2 is 1.56 bits per heavy atom. The number of rotatable bonds is 5. The quantitative estimate of drug-likeness (QED) is 0.458. The largest absolute Gasteiger partial charge is 0.274 e. The van der Waals surface area contributed by atoms with E-state index in [1.165, 1.54) is 10.5 Å². The number of hydrogen-bond donors (Lipinski definition) is 0. The summed E-state index contributed by atoms with van der Waals surface area (Å²) in [5, 5.41) is 0. The van der Waals surface area contributed by atoms with Crippen LogP contribution >= 0.6 is 0 Å². The van der Waals surface area contributed by atoms with Crippen molar-refractivity contribution in [3.63, 3.8) is 0 Å². The number of carbonyl (C=O) groups excluding carboxylic acids is 2. The topological polar surface area (TPSA) is 37.4 Å². The normalized spacial score (nSPS) is 25.0. The van der Waals surface area contributed by atoms with Gasteiger partial charge >= 0.3 is 0 Å². The summed E-state index contributed by atoms with van der Waals surface area (Å²) in [6, 6.07) is 7.08. The zero-order valence-electron chi connectivity index (χ0n) is 14.1. The summed E-state index contributed by atoms with van der Waals surface area (Å²) < 4.78 is 0. The molecule has 4 aliphatic rings. The Bertz CT molecular complexity index is 793. The SMILES string of the molecule is O=C1c2ccccc2C(=O)N1CCCCC1=C[C@H]2C=C/C=C\[C@@H]1C=C2. The van der Waals surface area contributed by atoms with E-state index in [9.17, 15) is 9.59 Å². The van der Waals surface area contributed by atoms with E-state index < -0.39 is 0 Å². The van der Waals surface area contributed by atoms with Gasteiger partial charge < -0.3 is 0 Å². The van der Waals surface area contributed by atoms with Crippen LogP contribution in [0.5, 0.6) is 0 Å². The van der Waals surface area contributed by atoms with E-state index in [-0.39, 0.29) is 11.8 Å². The molecule has 2 amide bonds. The molecule has 0 radical (unpaired) electrons. The first-order valence-corrected chi connectivity index (χ1v) is 8.93. The van der Waals surface area contributed by atoms with Crippen LogP contribution in [0.25, 0.3) is 0 Å². The van der Waals surface area contributed by atoms with Crippen LogP contribution in [0.2, 0.25) is 0 Å². The van der Waals surface area contributed by atoms with Gasteiger partial charge in [0.1, 0.15) is 0 Å². The lowest BCUT2D eigenvalue weighted by molar-refractivity contribution is 0.0652. The van der Waals surface area contributed by atoms with Crippen LogP contribution in [0, 0.1) is 11.8 Å². The van der Waals surface area contributed by atoms with E-state index in [0.717, 1.165) is 19.3 Å². The Hall–Kier alpha value is -2.68. The van der Waals surface area contributed by atoms with Crippen molar-refractivity contribution in [2.45, 2.75) is 19.3 Å². The molecule has 0 fully saturated rings. The summed E-state index contributed by atoms with van der Waals surface area (Å²) in [7, 11) is 0. The van der Waals surface area contributed by atoms with E-state index >= 15 is 0 Å². The van der Waals surface area contributed by atoms with Crippen molar-refractivity contribution in [3.05, 3.63) is 83.5 Å². The number of carbonyl (C=O) groups is 2. The number of fused-ring (bicyclic) bond motifs is 2. The lowest BCUT2D eigenvalue weighted by Gasteiger charge is -2.22. The molecule has 0 saturated heterocycles. The molecule has 0 spiro atoms. The Morgan fingerprint density at radius 3 is 2.32 bits per heavy atom. The molecule has 0 N–H and O–H groups in total. The number of amides is 2. The van der Waals surface area contributed by atoms with Gasteiger partial charge in [-0.15, -0.1) is 0 Å². The fraction of sp³-hybridized carbons (Fsp3) is 0.273. The average Bonchev–Trinajstić information content (AvgIpc) is 2.84. The second-order valence-electron chi connectivity index (χ2n) is 6.76. The Kier molecular flexibility index (Phi) is 4.22. The van der Waals surface area contributed by atoms with Gasteiger partial charge in [0.25, 0.3) is 11.8 Å². The smallest absolute Gasteiger partial charge is 0.261 e. The summed E-state index contributed by atoms with van der Waals surface area (Å²) in [6.45, 7) is 0.499. The summed E-state index contributed by atoms with van der Waals surface area (Å²) in [5.41, 5.74) is 2.51. The maximum atomic E-state index is 12.4. The number of imide groups is 1. The highest BCUT2D eigenvalue weighted by Gasteiger charge is 2.34. The number of allylic oxidation sites excluding steroid dienone is 8. The van der Waals surface area contributed by atoms with Crippen LogP contribution in [-0.4, -0.2) is 23.3 Å². The number of benzene rings is 1. The van der Waals surface area contributed by atoms with Gasteiger partial charge in [-0.25, -0.2) is 0 Å². The van der Waals surface area contributed by atoms with E-state index in [4.69, 9.17) is 0 Å². The minimum atomic E-state index is -0.152. The second-order valence-corrected chi connectivity index (χ2v) is 6.76. The predicted molar refractivity (Wildman–Crippen MR) is 98.1 cm³/mol. The highest BCUT2D eigenvalue weighted by atomic mass is 16.2. The number of unbranched alkanes of at least 4 members (excludes halogenated alkanes) is 1. The van der Waals surface area contributed by atoms with Crippen molar-refractivity contribution in [1.82, 2.24) is 4.90 Å². The van der Waals surface area contributed by atoms with Crippen LogP contribution in [0.4, 0.5) is 0 Å². The van der Waals surface area contributed by atoms with Crippen LogP contribution in [0.15, 0.2) is 72.4 Å². The molecule has 5 rings (SSSR count). The van der Waals surface area contributed by atoms with Gasteiger partial charge in [-0.05, 0) is 31.4 Å². The first-order chi connectivity index (χ1) is 12.2. The average molecular weight is 331 g/mol. The monoisotopic (exact) mass is 331 g/mol. The summed E-state index contributed by atoms with van der Waals surface area (Å²) >= 11 is 0. The zero-order chi connectivity index (χ0) is 17.2. The maximum Gasteiger partial charge on any atom is 0.261 e. The molecule has 1 heterocycles. The molecule has 1 aromatic carbocycles. The van der Waals surface area contributed by atoms with Crippen LogP contribution in [0.3, 0.4) is 0 Å². The van der Waals surface area contributed by atoms with Crippen LogP contribution < -0.4 is 0 Å². The lowest BCUT2D eigenvalue weighted by Crippen LogP contribution is -2.30. The number of nitrogens with zero attached hydrogens (tertiary/aromatic N) is 1. The van der Waals surface area contributed by atoms with Gasteiger partial charge in [0, 0.05) is 18.4 Å². The first kappa shape index (κ1) is 15.8. The van der Waals surface area contributed by atoms with Crippen LogP contribution in [0.1, 0.15) is 40.0 Å². The third kappa shape index (κ3) is 3.02. The maximum absolute atomic E-state index is 12.4.